The summed E-state index contributed by atoms with van der Waals surface area (Å²) in [5.41, 5.74) is 1.55. The Morgan fingerprint density at radius 2 is 1.78 bits per heavy atom. The zero-order valence-corrected chi connectivity index (χ0v) is 12.3. The molecule has 0 aliphatic heterocycles. The van der Waals surface area contributed by atoms with Gasteiger partial charge in [-0.2, -0.15) is 0 Å². The lowest BCUT2D eigenvalue weighted by atomic mass is 10.2. The number of aryl methyl sites for hydroxylation is 1. The first kappa shape index (κ1) is 16.2. The van der Waals surface area contributed by atoms with Gasteiger partial charge in [-0.15, -0.1) is 0 Å². The summed E-state index contributed by atoms with van der Waals surface area (Å²) in [6.45, 7) is 1.41. The van der Waals surface area contributed by atoms with Gasteiger partial charge in [0.15, 0.2) is 6.61 Å². The topological polar surface area (TPSA) is 98.5 Å². The largest absolute Gasteiger partial charge is 0.452 e. The second-order valence-electron chi connectivity index (χ2n) is 4.74. The average molecular weight is 314 g/mol. The lowest BCUT2D eigenvalue weighted by Crippen LogP contribution is -2.21. The van der Waals surface area contributed by atoms with Gasteiger partial charge in [0.05, 0.1) is 10.5 Å². The van der Waals surface area contributed by atoms with Gasteiger partial charge in [-0.25, -0.2) is 4.79 Å². The number of anilines is 1. The smallest absolute Gasteiger partial charge is 0.338 e. The summed E-state index contributed by atoms with van der Waals surface area (Å²) in [5, 5.41) is 13.2. The van der Waals surface area contributed by atoms with Crippen LogP contribution in [-0.2, 0) is 9.53 Å². The third-order valence-corrected chi connectivity index (χ3v) is 3.07. The number of carbonyl (C=O) groups excluding carboxylic acids is 2. The molecule has 2 aromatic rings. The van der Waals surface area contributed by atoms with Crippen LogP contribution in [0.2, 0.25) is 0 Å². The van der Waals surface area contributed by atoms with Crippen molar-refractivity contribution in [3.05, 3.63) is 69.8 Å². The summed E-state index contributed by atoms with van der Waals surface area (Å²) in [5.74, 6) is -1.19. The molecule has 0 bridgehead atoms. The van der Waals surface area contributed by atoms with E-state index in [2.05, 4.69) is 5.32 Å². The highest BCUT2D eigenvalue weighted by atomic mass is 16.6. The Balaban J connectivity index is 1.90. The molecule has 0 spiro atoms. The van der Waals surface area contributed by atoms with Crippen molar-refractivity contribution in [2.75, 3.05) is 11.9 Å². The average Bonchev–Trinajstić information content (AvgIpc) is 2.55. The highest BCUT2D eigenvalue weighted by Gasteiger charge is 2.13. The number of esters is 1. The van der Waals surface area contributed by atoms with Crippen LogP contribution in [0.5, 0.6) is 0 Å². The number of non-ortho nitro benzene ring substituents is 1. The summed E-state index contributed by atoms with van der Waals surface area (Å²) >= 11 is 0. The third-order valence-electron chi connectivity index (χ3n) is 3.07. The van der Waals surface area contributed by atoms with E-state index in [0.717, 1.165) is 5.56 Å². The minimum atomic E-state index is -0.722. The molecule has 0 atom stereocenters. The lowest BCUT2D eigenvalue weighted by molar-refractivity contribution is -0.384. The maximum atomic E-state index is 11.8. The highest BCUT2D eigenvalue weighted by Crippen LogP contribution is 2.14. The van der Waals surface area contributed by atoms with Gasteiger partial charge in [-0.05, 0) is 30.7 Å². The van der Waals surface area contributed by atoms with Crippen molar-refractivity contribution in [2.45, 2.75) is 6.92 Å². The molecule has 7 heteroatoms. The molecule has 0 aliphatic carbocycles. The van der Waals surface area contributed by atoms with Crippen LogP contribution >= 0.6 is 0 Å². The molecule has 7 nitrogen and oxygen atoms in total. The second-order valence-corrected chi connectivity index (χ2v) is 4.74. The molecular formula is C16H14N2O5. The maximum Gasteiger partial charge on any atom is 0.338 e. The van der Waals surface area contributed by atoms with E-state index in [1.807, 2.05) is 19.1 Å². The number of nitro benzene ring substituents is 1. The van der Waals surface area contributed by atoms with Crippen molar-refractivity contribution < 1.29 is 19.2 Å². The number of nitrogens with one attached hydrogen (secondary N) is 1. The molecule has 23 heavy (non-hydrogen) atoms. The molecule has 0 aromatic heterocycles. The molecule has 118 valence electrons. The summed E-state index contributed by atoms with van der Waals surface area (Å²) in [6.07, 6.45) is 0. The van der Waals surface area contributed by atoms with Gasteiger partial charge < -0.3 is 10.1 Å². The third kappa shape index (κ3) is 4.37. The number of hydrogen-bond donors (Lipinski definition) is 1. The normalized spacial score (nSPS) is 9.96. The van der Waals surface area contributed by atoms with E-state index < -0.39 is 23.4 Å². The highest BCUT2D eigenvalue weighted by molar-refractivity contribution is 5.95. The van der Waals surface area contributed by atoms with Crippen LogP contribution < -0.4 is 5.32 Å². The Labute approximate surface area is 132 Å². The van der Waals surface area contributed by atoms with Gasteiger partial charge in [0.1, 0.15) is 0 Å². The Kier molecular flexibility index (Phi) is 5.03. The number of amides is 1. The first-order valence-corrected chi connectivity index (χ1v) is 6.74. The van der Waals surface area contributed by atoms with Crippen molar-refractivity contribution in [1.82, 2.24) is 0 Å². The summed E-state index contributed by atoms with van der Waals surface area (Å²) in [7, 11) is 0. The molecule has 0 saturated carbocycles. The molecule has 0 saturated heterocycles. The van der Waals surface area contributed by atoms with Crippen LogP contribution in [0.1, 0.15) is 15.9 Å². The standard InChI is InChI=1S/C16H14N2O5/c1-11-4-2-3-5-14(11)17-15(19)10-23-16(20)12-6-8-13(9-7-12)18(21)22/h2-9H,10H2,1H3,(H,17,19). The van der Waals surface area contributed by atoms with Gasteiger partial charge in [0.25, 0.3) is 11.6 Å². The van der Waals surface area contributed by atoms with Crippen LogP contribution in [0.4, 0.5) is 11.4 Å². The predicted octanol–water partition coefficient (Wildman–Crippen LogP) is 2.70. The van der Waals surface area contributed by atoms with Crippen LogP contribution in [0, 0.1) is 17.0 Å². The number of hydrogen-bond acceptors (Lipinski definition) is 5. The van der Waals surface area contributed by atoms with Crippen molar-refractivity contribution >= 4 is 23.3 Å². The fourth-order valence-electron chi connectivity index (χ4n) is 1.83. The van der Waals surface area contributed by atoms with Gasteiger partial charge in [0, 0.05) is 17.8 Å². The number of rotatable bonds is 5. The summed E-state index contributed by atoms with van der Waals surface area (Å²) in [4.78, 5) is 33.5. The maximum absolute atomic E-state index is 11.8. The monoisotopic (exact) mass is 314 g/mol. The van der Waals surface area contributed by atoms with Gasteiger partial charge in [0.2, 0.25) is 0 Å². The summed E-state index contributed by atoms with van der Waals surface area (Å²) in [6, 6.07) is 12.2. The van der Waals surface area contributed by atoms with Crippen LogP contribution in [0.25, 0.3) is 0 Å². The molecule has 1 amide bonds. The number of benzene rings is 2. The molecule has 2 aromatic carbocycles. The fraction of sp³-hybridized carbons (Fsp3) is 0.125. The molecule has 2 rings (SSSR count). The minimum Gasteiger partial charge on any atom is -0.452 e. The molecule has 0 unspecified atom stereocenters. The number of nitro groups is 1. The van der Waals surface area contributed by atoms with Crippen molar-refractivity contribution in [3.8, 4) is 0 Å². The predicted molar refractivity (Wildman–Crippen MR) is 83.2 cm³/mol. The van der Waals surface area contributed by atoms with E-state index in [-0.39, 0.29) is 11.3 Å². The molecule has 0 heterocycles. The first-order valence-electron chi connectivity index (χ1n) is 6.74. The van der Waals surface area contributed by atoms with Crippen molar-refractivity contribution in [1.29, 1.82) is 0 Å². The van der Waals surface area contributed by atoms with E-state index in [4.69, 9.17) is 4.74 Å². The fourth-order valence-corrected chi connectivity index (χ4v) is 1.83. The summed E-state index contributed by atoms with van der Waals surface area (Å²) < 4.78 is 4.88. The van der Waals surface area contributed by atoms with Crippen molar-refractivity contribution in [2.24, 2.45) is 0 Å². The van der Waals surface area contributed by atoms with Crippen LogP contribution in [0.3, 0.4) is 0 Å². The first-order chi connectivity index (χ1) is 11.0. The number of ether oxygens (including phenoxy) is 1. The van der Waals surface area contributed by atoms with E-state index in [0.29, 0.717) is 5.69 Å². The number of para-hydroxylation sites is 1. The molecule has 1 N–H and O–H groups in total. The minimum absolute atomic E-state index is 0.126. The Morgan fingerprint density at radius 3 is 2.39 bits per heavy atom. The van der Waals surface area contributed by atoms with E-state index in [1.165, 1.54) is 24.3 Å². The second kappa shape index (κ2) is 7.17. The zero-order chi connectivity index (χ0) is 16.8. The Hall–Kier alpha value is -3.22. The Bertz CT molecular complexity index is 740. The van der Waals surface area contributed by atoms with Crippen molar-refractivity contribution in [3.63, 3.8) is 0 Å². The molecular weight excluding hydrogens is 300 g/mol. The number of carbonyl (C=O) groups is 2. The van der Waals surface area contributed by atoms with Gasteiger partial charge >= 0.3 is 5.97 Å². The van der Waals surface area contributed by atoms with E-state index >= 15 is 0 Å². The lowest BCUT2D eigenvalue weighted by Gasteiger charge is -2.08. The van der Waals surface area contributed by atoms with Crippen LogP contribution in [0.15, 0.2) is 48.5 Å². The SMILES string of the molecule is Cc1ccccc1NC(=O)COC(=O)c1ccc([N+](=O)[O-])cc1. The molecule has 0 aliphatic rings. The quantitative estimate of drug-likeness (QED) is 0.519. The van der Waals surface area contributed by atoms with Crippen LogP contribution in [-0.4, -0.2) is 23.4 Å². The van der Waals surface area contributed by atoms with Gasteiger partial charge in [-0.1, -0.05) is 18.2 Å². The zero-order valence-electron chi connectivity index (χ0n) is 12.3. The number of nitrogens with zero attached hydrogens (tertiary/aromatic N) is 1. The van der Waals surface area contributed by atoms with E-state index in [9.17, 15) is 19.7 Å². The molecule has 0 radical (unpaired) electrons. The van der Waals surface area contributed by atoms with E-state index in [1.54, 1.807) is 12.1 Å². The molecule has 0 fully saturated rings. The Morgan fingerprint density at radius 1 is 1.13 bits per heavy atom. The van der Waals surface area contributed by atoms with Gasteiger partial charge in [-0.3, -0.25) is 14.9 Å².